The van der Waals surface area contributed by atoms with Crippen LogP contribution >= 0.6 is 35.7 Å². The van der Waals surface area contributed by atoms with Crippen LogP contribution in [0.5, 0.6) is 0 Å². The van der Waals surface area contributed by atoms with Crippen LogP contribution in [-0.2, 0) is 0 Å². The molecule has 0 radical (unpaired) electrons. The van der Waals surface area contributed by atoms with Gasteiger partial charge in [0, 0.05) is 0 Å². The summed E-state index contributed by atoms with van der Waals surface area (Å²) in [5, 5.41) is 6.92. The van der Waals surface area contributed by atoms with Gasteiger partial charge < -0.3 is 0 Å². The SMILES string of the molecule is FC(F)SC1N=NC(=S)S1. The second-order valence-corrected chi connectivity index (χ2v) is 4.39. The zero-order valence-electron chi connectivity index (χ0n) is 4.53. The molecule has 0 aromatic heterocycles. The zero-order chi connectivity index (χ0) is 7.56. The Balaban J connectivity index is 2.33. The molecule has 0 saturated carbocycles. The Hall–Kier alpha value is 0.250. The lowest BCUT2D eigenvalue weighted by Crippen LogP contribution is -1.92. The molecular formula is C3H2F2N2S3. The maximum absolute atomic E-state index is 11.6. The van der Waals surface area contributed by atoms with Crippen molar-refractivity contribution in [2.45, 2.75) is 10.5 Å². The molecule has 0 amide bonds. The second-order valence-electron chi connectivity index (χ2n) is 1.30. The Morgan fingerprint density at radius 2 is 2.40 bits per heavy atom. The molecule has 0 aromatic rings. The number of alkyl halides is 2. The highest BCUT2D eigenvalue weighted by Crippen LogP contribution is 2.35. The molecule has 1 aliphatic rings. The van der Waals surface area contributed by atoms with Gasteiger partial charge in [-0.2, -0.15) is 13.9 Å². The Kier molecular flexibility index (Phi) is 2.99. The molecule has 0 N–H and O–H groups in total. The van der Waals surface area contributed by atoms with Crippen LogP contribution in [0.2, 0.25) is 0 Å². The average Bonchev–Trinajstić information content (AvgIpc) is 2.13. The summed E-state index contributed by atoms with van der Waals surface area (Å²) in [6.07, 6.45) is 0. The number of halogens is 2. The number of hydrogen-bond acceptors (Lipinski definition) is 4. The Morgan fingerprint density at radius 3 is 2.80 bits per heavy atom. The van der Waals surface area contributed by atoms with Gasteiger partial charge in [0.15, 0.2) is 9.03 Å². The third-order valence-electron chi connectivity index (χ3n) is 0.655. The van der Waals surface area contributed by atoms with Crippen LogP contribution in [0.15, 0.2) is 10.2 Å². The molecule has 10 heavy (non-hydrogen) atoms. The summed E-state index contributed by atoms with van der Waals surface area (Å²) in [6, 6.07) is 0. The van der Waals surface area contributed by atoms with E-state index in [2.05, 4.69) is 22.4 Å². The van der Waals surface area contributed by atoms with Crippen LogP contribution in [0.3, 0.4) is 0 Å². The molecule has 1 heterocycles. The molecule has 0 aromatic carbocycles. The number of nitrogens with zero attached hydrogens (tertiary/aromatic N) is 2. The third-order valence-corrected chi connectivity index (χ3v) is 2.76. The Morgan fingerprint density at radius 1 is 1.70 bits per heavy atom. The van der Waals surface area contributed by atoms with Crippen LogP contribution in [0.25, 0.3) is 0 Å². The standard InChI is InChI=1S/C3H2F2N2S3/c4-1(5)9-3-7-6-2(8)10-3/h1,3H. The number of thioether (sulfide) groups is 2. The summed E-state index contributed by atoms with van der Waals surface area (Å²) < 4.78 is 23.0. The van der Waals surface area contributed by atoms with E-state index >= 15 is 0 Å². The minimum absolute atomic E-state index is 0.332. The molecule has 1 unspecified atom stereocenters. The van der Waals surface area contributed by atoms with E-state index in [9.17, 15) is 8.78 Å². The van der Waals surface area contributed by atoms with Crippen molar-refractivity contribution in [3.05, 3.63) is 0 Å². The smallest absolute Gasteiger partial charge is 0.198 e. The van der Waals surface area contributed by atoms with E-state index < -0.39 is 10.5 Å². The van der Waals surface area contributed by atoms with E-state index in [0.29, 0.717) is 16.1 Å². The van der Waals surface area contributed by atoms with Gasteiger partial charge in [-0.3, -0.25) is 0 Å². The summed E-state index contributed by atoms with van der Waals surface area (Å²) in [5.74, 6) is -2.41. The maximum Gasteiger partial charge on any atom is 0.287 e. The minimum Gasteiger partial charge on any atom is -0.198 e. The van der Waals surface area contributed by atoms with E-state index in [4.69, 9.17) is 0 Å². The highest BCUT2D eigenvalue weighted by molar-refractivity contribution is 8.30. The van der Waals surface area contributed by atoms with Gasteiger partial charge in [-0.05, 0) is 12.2 Å². The van der Waals surface area contributed by atoms with Crippen LogP contribution in [-0.4, -0.2) is 14.8 Å². The molecule has 0 aliphatic carbocycles. The lowest BCUT2D eigenvalue weighted by molar-refractivity contribution is 0.252. The van der Waals surface area contributed by atoms with Crippen molar-refractivity contribution in [2.24, 2.45) is 10.2 Å². The molecule has 1 atom stereocenters. The van der Waals surface area contributed by atoms with Gasteiger partial charge in [0.1, 0.15) is 0 Å². The van der Waals surface area contributed by atoms with Crippen molar-refractivity contribution >= 4 is 40.1 Å². The van der Waals surface area contributed by atoms with Crippen LogP contribution in [0.4, 0.5) is 8.78 Å². The molecular weight excluding hydrogens is 198 g/mol. The number of rotatable bonds is 2. The Bertz CT molecular complexity index is 171. The second kappa shape index (κ2) is 3.59. The first-order valence-corrected chi connectivity index (χ1v) is 4.46. The summed E-state index contributed by atoms with van der Waals surface area (Å²) in [7, 11) is 0. The fourth-order valence-electron chi connectivity index (χ4n) is 0.371. The molecule has 1 aliphatic heterocycles. The van der Waals surface area contributed by atoms with E-state index in [-0.39, 0.29) is 0 Å². The summed E-state index contributed by atoms with van der Waals surface area (Å²) in [4.78, 5) is 0. The minimum atomic E-state index is -2.41. The third kappa shape index (κ3) is 2.47. The van der Waals surface area contributed by atoms with Crippen LogP contribution in [0, 0.1) is 0 Å². The van der Waals surface area contributed by atoms with Gasteiger partial charge in [0.05, 0.1) is 0 Å². The van der Waals surface area contributed by atoms with Crippen molar-refractivity contribution in [3.8, 4) is 0 Å². The topological polar surface area (TPSA) is 24.7 Å². The first-order chi connectivity index (χ1) is 4.68. The van der Waals surface area contributed by atoms with Gasteiger partial charge in [0.2, 0.25) is 0 Å². The predicted molar refractivity (Wildman–Crippen MR) is 42.4 cm³/mol. The molecule has 0 bridgehead atoms. The van der Waals surface area contributed by atoms with Gasteiger partial charge >= 0.3 is 0 Å². The van der Waals surface area contributed by atoms with E-state index in [1.165, 1.54) is 0 Å². The fourth-order valence-corrected chi connectivity index (χ4v) is 2.26. The van der Waals surface area contributed by atoms with Crippen molar-refractivity contribution in [3.63, 3.8) is 0 Å². The average molecular weight is 200 g/mol. The maximum atomic E-state index is 11.6. The lowest BCUT2D eigenvalue weighted by atomic mass is 11.4. The van der Waals surface area contributed by atoms with Gasteiger partial charge in [-0.1, -0.05) is 23.5 Å². The predicted octanol–water partition coefficient (Wildman–Crippen LogP) is 2.71. The van der Waals surface area contributed by atoms with E-state index in [0.717, 1.165) is 11.8 Å². The quantitative estimate of drug-likeness (QED) is 0.641. The van der Waals surface area contributed by atoms with Gasteiger partial charge in [-0.25, -0.2) is 0 Å². The van der Waals surface area contributed by atoms with E-state index in [1.54, 1.807) is 0 Å². The number of thiocarbonyl (C=S) groups is 1. The van der Waals surface area contributed by atoms with Crippen molar-refractivity contribution in [1.29, 1.82) is 0 Å². The highest BCUT2D eigenvalue weighted by atomic mass is 32.2. The van der Waals surface area contributed by atoms with Gasteiger partial charge in [-0.15, -0.1) is 5.11 Å². The molecule has 1 rings (SSSR count). The first-order valence-electron chi connectivity index (χ1n) is 2.23. The zero-order valence-corrected chi connectivity index (χ0v) is 6.98. The number of hydrogen-bond donors (Lipinski definition) is 0. The first kappa shape index (κ1) is 8.35. The van der Waals surface area contributed by atoms with Gasteiger partial charge in [0.25, 0.3) is 5.76 Å². The van der Waals surface area contributed by atoms with Crippen molar-refractivity contribution in [1.82, 2.24) is 0 Å². The largest absolute Gasteiger partial charge is 0.287 e. The lowest BCUT2D eigenvalue weighted by Gasteiger charge is -1.99. The summed E-state index contributed by atoms with van der Waals surface area (Å²) in [6.45, 7) is 0. The van der Waals surface area contributed by atoms with Crippen LogP contribution in [0.1, 0.15) is 0 Å². The van der Waals surface area contributed by atoms with Crippen molar-refractivity contribution < 1.29 is 8.78 Å². The normalized spacial score (nSPS) is 24.7. The molecule has 0 spiro atoms. The molecule has 7 heteroatoms. The molecule has 0 saturated heterocycles. The van der Waals surface area contributed by atoms with Crippen molar-refractivity contribution in [2.75, 3.05) is 0 Å². The van der Waals surface area contributed by atoms with E-state index in [1.807, 2.05) is 0 Å². The highest BCUT2D eigenvalue weighted by Gasteiger charge is 2.21. The fraction of sp³-hybridized carbons (Fsp3) is 0.667. The Labute approximate surface area is 69.8 Å². The van der Waals surface area contributed by atoms with Crippen LogP contribution < -0.4 is 0 Å². The monoisotopic (exact) mass is 200 g/mol. The molecule has 2 nitrogen and oxygen atoms in total. The summed E-state index contributed by atoms with van der Waals surface area (Å²) >= 11 is 6.12. The molecule has 0 fully saturated rings. The number of azo groups is 1. The summed E-state index contributed by atoms with van der Waals surface area (Å²) in [5.41, 5.74) is 0. The molecule has 56 valence electrons.